The molecule has 0 aliphatic rings. The highest BCUT2D eigenvalue weighted by molar-refractivity contribution is 7.92. The Labute approximate surface area is 180 Å². The number of para-hydroxylation sites is 2. The molecule has 0 fully saturated rings. The maximum atomic E-state index is 13.0. The van der Waals surface area contributed by atoms with Crippen molar-refractivity contribution in [3.63, 3.8) is 0 Å². The molecule has 9 heteroatoms. The van der Waals surface area contributed by atoms with Gasteiger partial charge in [-0.3, -0.25) is 9.71 Å². The first-order valence-corrected chi connectivity index (χ1v) is 11.0. The summed E-state index contributed by atoms with van der Waals surface area (Å²) in [6, 6.07) is 15.9. The summed E-state index contributed by atoms with van der Waals surface area (Å²) in [6.45, 7) is 3.72. The Morgan fingerprint density at radius 3 is 2.26 bits per heavy atom. The number of hydrogen-bond donors (Lipinski definition) is 2. The van der Waals surface area contributed by atoms with E-state index in [-0.39, 0.29) is 16.5 Å². The van der Waals surface area contributed by atoms with Crippen LogP contribution in [-0.2, 0) is 10.0 Å². The Hall–Kier alpha value is -3.72. The summed E-state index contributed by atoms with van der Waals surface area (Å²) in [5.41, 5.74) is 3.58. The fourth-order valence-corrected chi connectivity index (χ4v) is 3.90. The zero-order valence-electron chi connectivity index (χ0n) is 17.2. The van der Waals surface area contributed by atoms with Gasteiger partial charge in [-0.2, -0.15) is 0 Å². The standard InChI is InChI=1S/C22H21N5O3S/c1-14-8-10-16(30-3)12-20(14)26-21-22(25-19-7-5-4-6-18(19)24-21)27-31(28,29)17-11-9-15(2)23-13-17/h4-13H,1-3H3,(H,24,26)(H,25,27). The maximum absolute atomic E-state index is 13.0. The fourth-order valence-electron chi connectivity index (χ4n) is 2.95. The molecule has 2 aromatic heterocycles. The molecular weight excluding hydrogens is 414 g/mol. The van der Waals surface area contributed by atoms with Crippen LogP contribution in [0.5, 0.6) is 5.75 Å². The number of nitrogens with one attached hydrogen (secondary N) is 2. The first-order chi connectivity index (χ1) is 14.9. The second-order valence-electron chi connectivity index (χ2n) is 6.96. The summed E-state index contributed by atoms with van der Waals surface area (Å²) >= 11 is 0. The van der Waals surface area contributed by atoms with E-state index < -0.39 is 10.0 Å². The predicted molar refractivity (Wildman–Crippen MR) is 120 cm³/mol. The Balaban J connectivity index is 1.79. The highest BCUT2D eigenvalue weighted by atomic mass is 32.2. The molecule has 0 spiro atoms. The topological polar surface area (TPSA) is 106 Å². The number of benzene rings is 2. The van der Waals surface area contributed by atoms with Crippen molar-refractivity contribution in [2.75, 3.05) is 17.1 Å². The van der Waals surface area contributed by atoms with Gasteiger partial charge >= 0.3 is 0 Å². The van der Waals surface area contributed by atoms with Crippen molar-refractivity contribution in [1.82, 2.24) is 15.0 Å². The van der Waals surface area contributed by atoms with E-state index in [1.807, 2.05) is 43.3 Å². The van der Waals surface area contributed by atoms with Gasteiger partial charge in [0.2, 0.25) is 0 Å². The molecule has 8 nitrogen and oxygen atoms in total. The van der Waals surface area contributed by atoms with Crippen LogP contribution in [0.25, 0.3) is 11.0 Å². The molecule has 0 atom stereocenters. The van der Waals surface area contributed by atoms with Gasteiger partial charge in [-0.1, -0.05) is 18.2 Å². The van der Waals surface area contributed by atoms with Gasteiger partial charge in [-0.15, -0.1) is 0 Å². The zero-order chi connectivity index (χ0) is 22.0. The lowest BCUT2D eigenvalue weighted by molar-refractivity contribution is 0.415. The van der Waals surface area contributed by atoms with Gasteiger partial charge in [0.05, 0.1) is 18.1 Å². The molecule has 0 aliphatic heterocycles. The SMILES string of the molecule is COc1ccc(C)c(Nc2nc3ccccc3nc2NS(=O)(=O)c2ccc(C)nc2)c1. The molecule has 158 valence electrons. The van der Waals surface area contributed by atoms with E-state index in [4.69, 9.17) is 4.74 Å². The molecule has 0 aliphatic carbocycles. The normalized spacial score (nSPS) is 11.3. The van der Waals surface area contributed by atoms with E-state index in [0.29, 0.717) is 16.8 Å². The second kappa shape index (κ2) is 8.19. The number of nitrogens with zero attached hydrogens (tertiary/aromatic N) is 3. The molecule has 0 bridgehead atoms. The number of sulfonamides is 1. The van der Waals surface area contributed by atoms with Gasteiger partial charge in [-0.25, -0.2) is 18.4 Å². The van der Waals surface area contributed by atoms with Gasteiger partial charge in [0, 0.05) is 23.6 Å². The van der Waals surface area contributed by atoms with Crippen LogP contribution < -0.4 is 14.8 Å². The van der Waals surface area contributed by atoms with Crippen molar-refractivity contribution in [3.05, 3.63) is 72.1 Å². The van der Waals surface area contributed by atoms with E-state index in [9.17, 15) is 8.42 Å². The molecule has 0 radical (unpaired) electrons. The third-order valence-corrected chi connectivity index (χ3v) is 6.02. The first kappa shape index (κ1) is 20.5. The smallest absolute Gasteiger partial charge is 0.264 e. The summed E-state index contributed by atoms with van der Waals surface area (Å²) in [5.74, 6) is 1.02. The van der Waals surface area contributed by atoms with Crippen LogP contribution in [0, 0.1) is 13.8 Å². The van der Waals surface area contributed by atoms with E-state index >= 15 is 0 Å². The third-order valence-electron chi connectivity index (χ3n) is 4.69. The van der Waals surface area contributed by atoms with Crippen LogP contribution in [0.15, 0.2) is 65.7 Å². The number of aromatic nitrogens is 3. The van der Waals surface area contributed by atoms with E-state index in [1.165, 1.54) is 12.3 Å². The fraction of sp³-hybridized carbons (Fsp3) is 0.136. The molecular formula is C22H21N5O3S. The van der Waals surface area contributed by atoms with E-state index in [0.717, 1.165) is 16.9 Å². The van der Waals surface area contributed by atoms with E-state index in [2.05, 4.69) is 25.0 Å². The summed E-state index contributed by atoms with van der Waals surface area (Å²) in [4.78, 5) is 13.2. The van der Waals surface area contributed by atoms with Crippen LogP contribution in [0.4, 0.5) is 17.3 Å². The van der Waals surface area contributed by atoms with Crippen molar-refractivity contribution in [1.29, 1.82) is 0 Å². The number of ether oxygens (including phenoxy) is 1. The second-order valence-corrected chi connectivity index (χ2v) is 8.64. The molecule has 0 saturated carbocycles. The van der Waals surface area contributed by atoms with Crippen LogP contribution in [0.2, 0.25) is 0 Å². The van der Waals surface area contributed by atoms with Crippen molar-refractivity contribution >= 4 is 38.4 Å². The molecule has 2 heterocycles. The molecule has 4 aromatic rings. The van der Waals surface area contributed by atoms with Crippen molar-refractivity contribution in [2.24, 2.45) is 0 Å². The van der Waals surface area contributed by atoms with Crippen molar-refractivity contribution in [2.45, 2.75) is 18.7 Å². The van der Waals surface area contributed by atoms with E-state index in [1.54, 1.807) is 26.2 Å². The van der Waals surface area contributed by atoms with Crippen LogP contribution in [0.3, 0.4) is 0 Å². The Bertz CT molecular complexity index is 1360. The molecule has 0 unspecified atom stereocenters. The van der Waals surface area contributed by atoms with Gasteiger partial charge in [0.25, 0.3) is 10.0 Å². The molecule has 0 saturated heterocycles. The minimum Gasteiger partial charge on any atom is -0.497 e. The van der Waals surface area contributed by atoms with Gasteiger partial charge in [-0.05, 0) is 49.7 Å². The predicted octanol–water partition coefficient (Wildman–Crippen LogP) is 4.19. The average molecular weight is 436 g/mol. The van der Waals surface area contributed by atoms with Gasteiger partial charge < -0.3 is 10.1 Å². The number of methoxy groups -OCH3 is 1. The first-order valence-electron chi connectivity index (χ1n) is 9.49. The monoisotopic (exact) mass is 435 g/mol. The number of anilines is 3. The quantitative estimate of drug-likeness (QED) is 0.468. The Morgan fingerprint density at radius 2 is 1.61 bits per heavy atom. The van der Waals surface area contributed by atoms with Crippen LogP contribution >= 0.6 is 0 Å². The lowest BCUT2D eigenvalue weighted by atomic mass is 10.2. The summed E-state index contributed by atoms with van der Waals surface area (Å²) in [7, 11) is -2.33. The van der Waals surface area contributed by atoms with Crippen LogP contribution in [-0.4, -0.2) is 30.5 Å². The average Bonchev–Trinajstić information content (AvgIpc) is 2.75. The highest BCUT2D eigenvalue weighted by Crippen LogP contribution is 2.30. The Kier molecular flexibility index (Phi) is 5.43. The van der Waals surface area contributed by atoms with Crippen LogP contribution in [0.1, 0.15) is 11.3 Å². The third kappa shape index (κ3) is 4.41. The van der Waals surface area contributed by atoms with Gasteiger partial charge in [0.15, 0.2) is 11.6 Å². The van der Waals surface area contributed by atoms with Gasteiger partial charge in [0.1, 0.15) is 10.6 Å². The minimum atomic E-state index is -3.92. The molecule has 2 N–H and O–H groups in total. The summed E-state index contributed by atoms with van der Waals surface area (Å²) in [6.07, 6.45) is 1.31. The van der Waals surface area contributed by atoms with Crippen molar-refractivity contribution < 1.29 is 13.2 Å². The number of pyridine rings is 1. The minimum absolute atomic E-state index is 0.0385. The number of rotatable bonds is 6. The molecule has 0 amide bonds. The number of hydrogen-bond acceptors (Lipinski definition) is 7. The molecule has 4 rings (SSSR count). The number of aryl methyl sites for hydroxylation is 2. The Morgan fingerprint density at radius 1 is 0.903 bits per heavy atom. The molecule has 31 heavy (non-hydrogen) atoms. The van der Waals surface area contributed by atoms with Crippen molar-refractivity contribution in [3.8, 4) is 5.75 Å². The lowest BCUT2D eigenvalue weighted by Gasteiger charge is -2.15. The molecule has 2 aromatic carbocycles. The maximum Gasteiger partial charge on any atom is 0.264 e. The summed E-state index contributed by atoms with van der Waals surface area (Å²) in [5, 5.41) is 3.19. The number of fused-ring (bicyclic) bond motifs is 1. The lowest BCUT2D eigenvalue weighted by Crippen LogP contribution is -2.16. The highest BCUT2D eigenvalue weighted by Gasteiger charge is 2.20. The largest absolute Gasteiger partial charge is 0.497 e. The summed E-state index contributed by atoms with van der Waals surface area (Å²) < 4.78 is 33.8. The zero-order valence-corrected chi connectivity index (χ0v) is 18.1.